The number of rotatable bonds is 6. The molecule has 2 N–H and O–H groups in total. The predicted molar refractivity (Wildman–Crippen MR) is 92.0 cm³/mol. The van der Waals surface area contributed by atoms with Crippen molar-refractivity contribution in [3.8, 4) is 11.5 Å². The molecular formula is C17H23ClN2O3. The van der Waals surface area contributed by atoms with Crippen molar-refractivity contribution in [3.63, 3.8) is 0 Å². The van der Waals surface area contributed by atoms with Gasteiger partial charge in [-0.1, -0.05) is 18.5 Å². The summed E-state index contributed by atoms with van der Waals surface area (Å²) >= 11 is 6.26. The van der Waals surface area contributed by atoms with Crippen LogP contribution in [0.5, 0.6) is 11.5 Å². The molecule has 1 aromatic rings. The first kappa shape index (κ1) is 17.6. The van der Waals surface area contributed by atoms with E-state index in [1.54, 1.807) is 30.2 Å². The molecule has 2 rings (SSSR count). The number of carbonyl (C=O) groups excluding carboxylic acids is 1. The fourth-order valence-electron chi connectivity index (χ4n) is 2.44. The molecule has 1 aliphatic heterocycles. The highest BCUT2D eigenvalue weighted by atomic mass is 35.5. The third-order valence-corrected chi connectivity index (χ3v) is 3.94. The molecule has 1 aliphatic rings. The van der Waals surface area contributed by atoms with Crippen LogP contribution in [0.15, 0.2) is 18.2 Å². The van der Waals surface area contributed by atoms with Gasteiger partial charge in [0.1, 0.15) is 0 Å². The molecule has 1 atom stereocenters. The zero-order valence-corrected chi connectivity index (χ0v) is 14.3. The molecule has 126 valence electrons. The van der Waals surface area contributed by atoms with Crippen LogP contribution in [0, 0.1) is 0 Å². The van der Waals surface area contributed by atoms with Crippen molar-refractivity contribution in [3.05, 3.63) is 28.8 Å². The minimum atomic E-state index is -0.0423. The van der Waals surface area contributed by atoms with Gasteiger partial charge in [-0.3, -0.25) is 4.79 Å². The van der Waals surface area contributed by atoms with Crippen molar-refractivity contribution in [1.82, 2.24) is 4.90 Å². The second-order valence-electron chi connectivity index (χ2n) is 5.55. The highest BCUT2D eigenvalue weighted by Gasteiger charge is 2.21. The lowest BCUT2D eigenvalue weighted by Crippen LogP contribution is -2.30. The van der Waals surface area contributed by atoms with Crippen LogP contribution >= 0.6 is 11.6 Å². The van der Waals surface area contributed by atoms with Crippen molar-refractivity contribution < 1.29 is 14.3 Å². The summed E-state index contributed by atoms with van der Waals surface area (Å²) in [5.74, 6) is 1.05. The number of benzene rings is 1. The van der Waals surface area contributed by atoms with E-state index >= 15 is 0 Å². The lowest BCUT2D eigenvalue weighted by Gasteiger charge is -2.14. The number of ether oxygens (including phenoxy) is 2. The number of methoxy groups -OCH3 is 1. The van der Waals surface area contributed by atoms with Gasteiger partial charge in [0.25, 0.3) is 0 Å². The van der Waals surface area contributed by atoms with Crippen LogP contribution in [0.2, 0.25) is 5.02 Å². The molecule has 0 aromatic heterocycles. The van der Waals surface area contributed by atoms with E-state index in [0.29, 0.717) is 36.2 Å². The fourth-order valence-corrected chi connectivity index (χ4v) is 2.71. The first-order valence-corrected chi connectivity index (χ1v) is 8.15. The number of nitrogens with two attached hydrogens (primary N) is 1. The molecular weight excluding hydrogens is 316 g/mol. The zero-order chi connectivity index (χ0) is 16.8. The van der Waals surface area contributed by atoms with Gasteiger partial charge in [-0.05, 0) is 36.6 Å². The summed E-state index contributed by atoms with van der Waals surface area (Å²) in [6.07, 6.45) is 5.00. The van der Waals surface area contributed by atoms with E-state index in [9.17, 15) is 4.79 Å². The summed E-state index contributed by atoms with van der Waals surface area (Å²) < 4.78 is 10.9. The SMILES string of the molecule is CCCOc1c(Cl)cc(/C=C/C(=O)N2CC[C@@H](N)C2)cc1OC. The van der Waals surface area contributed by atoms with E-state index in [-0.39, 0.29) is 11.9 Å². The van der Waals surface area contributed by atoms with Gasteiger partial charge >= 0.3 is 0 Å². The maximum Gasteiger partial charge on any atom is 0.246 e. The number of hydrogen-bond donors (Lipinski definition) is 1. The monoisotopic (exact) mass is 338 g/mol. The third kappa shape index (κ3) is 4.62. The Bertz CT molecular complexity index is 589. The van der Waals surface area contributed by atoms with Crippen molar-refractivity contribution in [2.45, 2.75) is 25.8 Å². The van der Waals surface area contributed by atoms with Crippen molar-refractivity contribution in [1.29, 1.82) is 0 Å². The third-order valence-electron chi connectivity index (χ3n) is 3.66. The Hall–Kier alpha value is -1.72. The van der Waals surface area contributed by atoms with Gasteiger partial charge < -0.3 is 20.1 Å². The lowest BCUT2D eigenvalue weighted by molar-refractivity contribution is -0.124. The molecule has 1 aromatic carbocycles. The van der Waals surface area contributed by atoms with E-state index in [0.717, 1.165) is 18.4 Å². The summed E-state index contributed by atoms with van der Waals surface area (Å²) in [7, 11) is 1.56. The van der Waals surface area contributed by atoms with Gasteiger partial charge in [-0.2, -0.15) is 0 Å². The van der Waals surface area contributed by atoms with Gasteiger partial charge in [0, 0.05) is 25.2 Å². The minimum absolute atomic E-state index is 0.0423. The summed E-state index contributed by atoms with van der Waals surface area (Å²) in [5.41, 5.74) is 6.60. The highest BCUT2D eigenvalue weighted by molar-refractivity contribution is 6.32. The van der Waals surface area contributed by atoms with Gasteiger partial charge in [-0.15, -0.1) is 0 Å². The Kier molecular flexibility index (Phi) is 6.30. The maximum atomic E-state index is 12.1. The highest BCUT2D eigenvalue weighted by Crippen LogP contribution is 2.36. The van der Waals surface area contributed by atoms with Crippen molar-refractivity contribution in [2.75, 3.05) is 26.8 Å². The number of hydrogen-bond acceptors (Lipinski definition) is 4. The topological polar surface area (TPSA) is 64.8 Å². The second-order valence-corrected chi connectivity index (χ2v) is 5.96. The summed E-state index contributed by atoms with van der Waals surface area (Å²) in [6, 6.07) is 3.64. The largest absolute Gasteiger partial charge is 0.493 e. The molecule has 0 aliphatic carbocycles. The van der Waals surface area contributed by atoms with Crippen LogP contribution < -0.4 is 15.2 Å². The van der Waals surface area contributed by atoms with Gasteiger partial charge in [0.15, 0.2) is 11.5 Å². The van der Waals surface area contributed by atoms with E-state index < -0.39 is 0 Å². The number of halogens is 1. The Morgan fingerprint density at radius 2 is 2.30 bits per heavy atom. The standard InChI is InChI=1S/C17H23ClN2O3/c1-3-8-23-17-14(18)9-12(10-15(17)22-2)4-5-16(21)20-7-6-13(19)11-20/h4-5,9-10,13H,3,6-8,11,19H2,1-2H3/b5-4+/t13-/m1/s1. The van der Waals surface area contributed by atoms with Crippen molar-refractivity contribution >= 4 is 23.6 Å². The van der Waals surface area contributed by atoms with Gasteiger partial charge in [0.05, 0.1) is 18.7 Å². The van der Waals surface area contributed by atoms with E-state index in [2.05, 4.69) is 0 Å². The summed E-state index contributed by atoms with van der Waals surface area (Å²) in [5, 5.41) is 0.466. The Morgan fingerprint density at radius 3 is 2.91 bits per heavy atom. The maximum absolute atomic E-state index is 12.1. The van der Waals surface area contributed by atoms with E-state index in [1.165, 1.54) is 6.08 Å². The molecule has 0 bridgehead atoms. The first-order chi connectivity index (χ1) is 11.0. The Morgan fingerprint density at radius 1 is 1.52 bits per heavy atom. The number of nitrogens with zero attached hydrogens (tertiary/aromatic N) is 1. The Labute approximate surface area is 142 Å². The Balaban J connectivity index is 2.12. The molecule has 6 heteroatoms. The van der Waals surface area contributed by atoms with Crippen molar-refractivity contribution in [2.24, 2.45) is 5.73 Å². The quantitative estimate of drug-likeness (QED) is 0.810. The van der Waals surface area contributed by atoms with E-state index in [1.807, 2.05) is 6.92 Å². The van der Waals surface area contributed by atoms with E-state index in [4.69, 9.17) is 26.8 Å². The molecule has 0 unspecified atom stereocenters. The summed E-state index contributed by atoms with van der Waals surface area (Å²) in [6.45, 7) is 3.90. The molecule has 1 saturated heterocycles. The molecule has 1 amide bonds. The fraction of sp³-hybridized carbons (Fsp3) is 0.471. The molecule has 5 nitrogen and oxygen atoms in total. The second kappa shape index (κ2) is 8.22. The molecule has 0 radical (unpaired) electrons. The predicted octanol–water partition coefficient (Wildman–Crippen LogP) is 2.71. The average molecular weight is 339 g/mol. The normalized spacial score (nSPS) is 17.7. The average Bonchev–Trinajstić information content (AvgIpc) is 2.97. The van der Waals surface area contributed by atoms with Crippen LogP contribution in [-0.4, -0.2) is 43.7 Å². The zero-order valence-electron chi connectivity index (χ0n) is 13.5. The van der Waals surface area contributed by atoms with Crippen LogP contribution in [0.1, 0.15) is 25.3 Å². The van der Waals surface area contributed by atoms with Gasteiger partial charge in [-0.25, -0.2) is 0 Å². The molecule has 0 spiro atoms. The molecule has 23 heavy (non-hydrogen) atoms. The van der Waals surface area contributed by atoms with Crippen LogP contribution in [-0.2, 0) is 4.79 Å². The smallest absolute Gasteiger partial charge is 0.246 e. The van der Waals surface area contributed by atoms with Crippen LogP contribution in [0.4, 0.5) is 0 Å². The lowest BCUT2D eigenvalue weighted by atomic mass is 10.2. The van der Waals surface area contributed by atoms with Gasteiger partial charge in [0.2, 0.25) is 5.91 Å². The number of carbonyl (C=O) groups is 1. The molecule has 0 saturated carbocycles. The number of amides is 1. The summed E-state index contributed by atoms with van der Waals surface area (Å²) in [4.78, 5) is 13.9. The molecule has 1 heterocycles. The van der Waals surface area contributed by atoms with Crippen LogP contribution in [0.3, 0.4) is 0 Å². The van der Waals surface area contributed by atoms with Crippen LogP contribution in [0.25, 0.3) is 6.08 Å². The number of likely N-dealkylation sites (tertiary alicyclic amines) is 1. The molecule has 1 fully saturated rings. The first-order valence-electron chi connectivity index (χ1n) is 7.78. The minimum Gasteiger partial charge on any atom is -0.493 e.